The van der Waals surface area contributed by atoms with Crippen molar-refractivity contribution in [1.29, 1.82) is 0 Å². The van der Waals surface area contributed by atoms with Gasteiger partial charge in [0.2, 0.25) is 5.91 Å². The van der Waals surface area contributed by atoms with Crippen molar-refractivity contribution < 1.29 is 4.79 Å². The largest absolute Gasteiger partial charge is 0.338 e. The highest BCUT2D eigenvalue weighted by Gasteiger charge is 2.24. The predicted molar refractivity (Wildman–Crippen MR) is 81.4 cm³/mol. The van der Waals surface area contributed by atoms with Gasteiger partial charge in [0.25, 0.3) is 0 Å². The van der Waals surface area contributed by atoms with Gasteiger partial charge in [-0.2, -0.15) is 0 Å². The molecule has 1 aliphatic heterocycles. The van der Waals surface area contributed by atoms with Crippen LogP contribution in [0.15, 0.2) is 30.3 Å². The minimum Gasteiger partial charge on any atom is -0.338 e. The van der Waals surface area contributed by atoms with Crippen LogP contribution in [0.4, 0.5) is 0 Å². The van der Waals surface area contributed by atoms with E-state index in [1.807, 2.05) is 37.1 Å². The molecule has 0 spiro atoms. The van der Waals surface area contributed by atoms with Crippen LogP contribution in [-0.4, -0.2) is 55.0 Å². The molecular formula is C16H25N3O. The van der Waals surface area contributed by atoms with Gasteiger partial charge >= 0.3 is 0 Å². The van der Waals surface area contributed by atoms with Gasteiger partial charge in [0.1, 0.15) is 0 Å². The molecule has 4 nitrogen and oxygen atoms in total. The summed E-state index contributed by atoms with van der Waals surface area (Å²) >= 11 is 0. The number of amides is 1. The van der Waals surface area contributed by atoms with Crippen molar-refractivity contribution in [2.45, 2.75) is 25.9 Å². The molecule has 1 fully saturated rings. The fourth-order valence-electron chi connectivity index (χ4n) is 2.68. The van der Waals surface area contributed by atoms with Gasteiger partial charge in [-0.05, 0) is 26.0 Å². The molecule has 2 rings (SSSR count). The second-order valence-electron chi connectivity index (χ2n) is 5.40. The Labute approximate surface area is 121 Å². The Bertz CT molecular complexity index is 421. The molecule has 1 unspecified atom stereocenters. The summed E-state index contributed by atoms with van der Waals surface area (Å²) in [6.45, 7) is 6.04. The Morgan fingerprint density at radius 1 is 1.40 bits per heavy atom. The number of nitrogens with one attached hydrogen (secondary N) is 1. The third-order valence-electron chi connectivity index (χ3n) is 3.99. The van der Waals surface area contributed by atoms with Crippen LogP contribution in [0, 0.1) is 0 Å². The zero-order valence-corrected chi connectivity index (χ0v) is 12.5. The number of likely N-dealkylation sites (tertiary alicyclic amines) is 1. The summed E-state index contributed by atoms with van der Waals surface area (Å²) < 4.78 is 0. The summed E-state index contributed by atoms with van der Waals surface area (Å²) in [6, 6.07) is 10.7. The van der Waals surface area contributed by atoms with Gasteiger partial charge in [-0.25, -0.2) is 0 Å². The molecular weight excluding hydrogens is 250 g/mol. The fourth-order valence-corrected chi connectivity index (χ4v) is 2.68. The second-order valence-corrected chi connectivity index (χ2v) is 5.40. The van der Waals surface area contributed by atoms with Crippen LogP contribution in [-0.2, 0) is 11.3 Å². The van der Waals surface area contributed by atoms with Crippen molar-refractivity contribution in [2.24, 2.45) is 0 Å². The molecule has 1 saturated heterocycles. The smallest absolute Gasteiger partial charge is 0.237 e. The van der Waals surface area contributed by atoms with Gasteiger partial charge in [0, 0.05) is 32.2 Å². The molecule has 4 heteroatoms. The highest BCUT2D eigenvalue weighted by molar-refractivity contribution is 5.78. The van der Waals surface area contributed by atoms with Gasteiger partial charge in [-0.3, -0.25) is 9.69 Å². The molecule has 1 N–H and O–H groups in total. The number of benzene rings is 1. The van der Waals surface area contributed by atoms with E-state index in [1.165, 1.54) is 5.56 Å². The summed E-state index contributed by atoms with van der Waals surface area (Å²) in [6.07, 6.45) is 1.13. The molecule has 0 aliphatic carbocycles. The summed E-state index contributed by atoms with van der Waals surface area (Å²) in [5.74, 6) is 0.230. The summed E-state index contributed by atoms with van der Waals surface area (Å²) in [5.41, 5.74) is 1.19. The first-order valence-corrected chi connectivity index (χ1v) is 7.44. The molecule has 1 aliphatic rings. The monoisotopic (exact) mass is 275 g/mol. The lowest BCUT2D eigenvalue weighted by Gasteiger charge is -2.24. The van der Waals surface area contributed by atoms with Crippen molar-refractivity contribution in [1.82, 2.24) is 15.1 Å². The lowest BCUT2D eigenvalue weighted by atomic mass is 10.2. The molecule has 1 heterocycles. The van der Waals surface area contributed by atoms with E-state index in [0.717, 1.165) is 26.1 Å². The molecule has 1 aromatic rings. The van der Waals surface area contributed by atoms with Gasteiger partial charge < -0.3 is 10.2 Å². The van der Waals surface area contributed by atoms with Gasteiger partial charge in [-0.15, -0.1) is 0 Å². The van der Waals surface area contributed by atoms with E-state index in [4.69, 9.17) is 0 Å². The highest BCUT2D eigenvalue weighted by atomic mass is 16.2. The van der Waals surface area contributed by atoms with Gasteiger partial charge in [-0.1, -0.05) is 30.3 Å². The SMILES string of the molecule is CCN(Cc1ccccc1)C(=O)CN1CCC(NC)C1. The number of nitrogens with zero attached hydrogens (tertiary/aromatic N) is 2. The van der Waals surface area contributed by atoms with Crippen LogP contribution < -0.4 is 5.32 Å². The third kappa shape index (κ3) is 4.05. The quantitative estimate of drug-likeness (QED) is 0.851. The van der Waals surface area contributed by atoms with E-state index in [9.17, 15) is 4.79 Å². The van der Waals surface area contributed by atoms with Crippen molar-refractivity contribution >= 4 is 5.91 Å². The van der Waals surface area contributed by atoms with E-state index in [2.05, 4.69) is 22.3 Å². The molecule has 0 bridgehead atoms. The zero-order valence-electron chi connectivity index (χ0n) is 12.5. The average molecular weight is 275 g/mol. The molecule has 1 amide bonds. The Hall–Kier alpha value is -1.39. The number of hydrogen-bond donors (Lipinski definition) is 1. The minimum atomic E-state index is 0.230. The first-order chi connectivity index (χ1) is 9.72. The van der Waals surface area contributed by atoms with Crippen LogP contribution >= 0.6 is 0 Å². The summed E-state index contributed by atoms with van der Waals surface area (Å²) in [4.78, 5) is 16.6. The minimum absolute atomic E-state index is 0.230. The number of rotatable bonds is 6. The molecule has 0 saturated carbocycles. The van der Waals surface area contributed by atoms with E-state index in [-0.39, 0.29) is 5.91 Å². The van der Waals surface area contributed by atoms with Gasteiger partial charge in [0.15, 0.2) is 0 Å². The Balaban J connectivity index is 1.86. The van der Waals surface area contributed by atoms with E-state index in [0.29, 0.717) is 19.1 Å². The topological polar surface area (TPSA) is 35.6 Å². The zero-order chi connectivity index (χ0) is 14.4. The Kier molecular flexibility index (Phi) is 5.56. The van der Waals surface area contributed by atoms with Crippen LogP contribution in [0.1, 0.15) is 18.9 Å². The van der Waals surface area contributed by atoms with Crippen LogP contribution in [0.3, 0.4) is 0 Å². The lowest BCUT2D eigenvalue weighted by Crippen LogP contribution is -2.40. The fraction of sp³-hybridized carbons (Fsp3) is 0.562. The van der Waals surface area contributed by atoms with Crippen molar-refractivity contribution in [3.05, 3.63) is 35.9 Å². The third-order valence-corrected chi connectivity index (χ3v) is 3.99. The molecule has 0 radical (unpaired) electrons. The van der Waals surface area contributed by atoms with Crippen molar-refractivity contribution in [2.75, 3.05) is 33.2 Å². The predicted octanol–water partition coefficient (Wildman–Crippen LogP) is 1.33. The average Bonchev–Trinajstić information content (AvgIpc) is 2.93. The van der Waals surface area contributed by atoms with E-state index < -0.39 is 0 Å². The lowest BCUT2D eigenvalue weighted by molar-refractivity contribution is -0.132. The Morgan fingerprint density at radius 2 is 2.15 bits per heavy atom. The second kappa shape index (κ2) is 7.41. The maximum atomic E-state index is 12.4. The maximum Gasteiger partial charge on any atom is 0.237 e. The van der Waals surface area contributed by atoms with Crippen LogP contribution in [0.2, 0.25) is 0 Å². The number of likely N-dealkylation sites (N-methyl/N-ethyl adjacent to an activating group) is 2. The molecule has 20 heavy (non-hydrogen) atoms. The van der Waals surface area contributed by atoms with Crippen LogP contribution in [0.5, 0.6) is 0 Å². The molecule has 0 aromatic heterocycles. The van der Waals surface area contributed by atoms with E-state index in [1.54, 1.807) is 0 Å². The Morgan fingerprint density at radius 3 is 2.75 bits per heavy atom. The first kappa shape index (κ1) is 15.0. The van der Waals surface area contributed by atoms with Crippen molar-refractivity contribution in [3.8, 4) is 0 Å². The van der Waals surface area contributed by atoms with E-state index >= 15 is 0 Å². The van der Waals surface area contributed by atoms with Gasteiger partial charge in [0.05, 0.1) is 6.54 Å². The highest BCUT2D eigenvalue weighted by Crippen LogP contribution is 2.10. The number of carbonyl (C=O) groups is 1. The number of carbonyl (C=O) groups excluding carboxylic acids is 1. The van der Waals surface area contributed by atoms with Crippen molar-refractivity contribution in [3.63, 3.8) is 0 Å². The maximum absolute atomic E-state index is 12.4. The summed E-state index contributed by atoms with van der Waals surface area (Å²) in [7, 11) is 1.99. The number of hydrogen-bond acceptors (Lipinski definition) is 3. The normalized spacial score (nSPS) is 19.2. The van der Waals surface area contributed by atoms with Crippen LogP contribution in [0.25, 0.3) is 0 Å². The molecule has 1 aromatic carbocycles. The molecule has 1 atom stereocenters. The molecule has 110 valence electrons. The standard InChI is InChI=1S/C16H25N3O/c1-3-19(11-14-7-5-4-6-8-14)16(20)13-18-10-9-15(12-18)17-2/h4-8,15,17H,3,9-13H2,1-2H3. The first-order valence-electron chi connectivity index (χ1n) is 7.44. The summed E-state index contributed by atoms with van der Waals surface area (Å²) in [5, 5.41) is 3.28.